The molecule has 1 aromatic carbocycles. The molecule has 0 spiro atoms. The van der Waals surface area contributed by atoms with E-state index in [1.54, 1.807) is 32.2 Å². The Kier molecular flexibility index (Phi) is 5.11. The standard InChI is InChI=1S/C10H15BO5/c1-4-15-16-11(12)8-5-6-9(13-2)10(7-8)14-3/h5-7,12H,4H2,1-3H3. The minimum absolute atomic E-state index is 0.365. The monoisotopic (exact) mass is 226 g/mol. The largest absolute Gasteiger partial charge is 0.523 e. The van der Waals surface area contributed by atoms with Crippen LogP contribution >= 0.6 is 0 Å². The lowest BCUT2D eigenvalue weighted by Gasteiger charge is -2.10. The van der Waals surface area contributed by atoms with Gasteiger partial charge in [0.05, 0.1) is 20.8 Å². The van der Waals surface area contributed by atoms with Crippen molar-refractivity contribution in [1.82, 2.24) is 0 Å². The molecule has 0 aliphatic rings. The number of rotatable bonds is 6. The molecule has 0 unspecified atom stereocenters. The van der Waals surface area contributed by atoms with E-state index in [-0.39, 0.29) is 0 Å². The minimum Gasteiger partial charge on any atom is -0.493 e. The van der Waals surface area contributed by atoms with Crippen LogP contribution < -0.4 is 14.9 Å². The Morgan fingerprint density at radius 2 is 1.88 bits per heavy atom. The highest BCUT2D eigenvalue weighted by atomic mass is 17.2. The minimum atomic E-state index is -1.14. The average Bonchev–Trinajstić information content (AvgIpc) is 2.34. The van der Waals surface area contributed by atoms with Crippen molar-refractivity contribution in [3.63, 3.8) is 0 Å². The molecular formula is C10H15BO5. The van der Waals surface area contributed by atoms with Gasteiger partial charge in [-0.1, -0.05) is 6.07 Å². The van der Waals surface area contributed by atoms with Gasteiger partial charge in [-0.25, -0.2) is 4.89 Å². The molecule has 0 fully saturated rings. The fraction of sp³-hybridized carbons (Fsp3) is 0.400. The van der Waals surface area contributed by atoms with Crippen molar-refractivity contribution in [2.75, 3.05) is 20.8 Å². The molecule has 5 nitrogen and oxygen atoms in total. The van der Waals surface area contributed by atoms with Crippen LogP contribution in [0.3, 0.4) is 0 Å². The van der Waals surface area contributed by atoms with E-state index >= 15 is 0 Å². The van der Waals surface area contributed by atoms with Gasteiger partial charge in [-0.3, -0.25) is 4.81 Å². The van der Waals surface area contributed by atoms with E-state index < -0.39 is 7.12 Å². The summed E-state index contributed by atoms with van der Waals surface area (Å²) in [6, 6.07) is 4.99. The van der Waals surface area contributed by atoms with Gasteiger partial charge < -0.3 is 14.5 Å². The highest BCUT2D eigenvalue weighted by molar-refractivity contribution is 6.59. The van der Waals surface area contributed by atoms with Crippen LogP contribution in [0.4, 0.5) is 0 Å². The number of benzene rings is 1. The van der Waals surface area contributed by atoms with Gasteiger partial charge >= 0.3 is 7.12 Å². The van der Waals surface area contributed by atoms with Crippen LogP contribution in [0.15, 0.2) is 18.2 Å². The van der Waals surface area contributed by atoms with E-state index in [0.717, 1.165) is 0 Å². The summed E-state index contributed by atoms with van der Waals surface area (Å²) in [5.74, 6) is 1.12. The second-order valence-electron chi connectivity index (χ2n) is 2.97. The smallest absolute Gasteiger partial charge is 0.493 e. The van der Waals surface area contributed by atoms with Crippen molar-refractivity contribution in [1.29, 1.82) is 0 Å². The number of hydrogen-bond donors (Lipinski definition) is 1. The second kappa shape index (κ2) is 6.37. The maximum absolute atomic E-state index is 9.59. The first-order chi connectivity index (χ1) is 7.72. The second-order valence-corrected chi connectivity index (χ2v) is 2.97. The van der Waals surface area contributed by atoms with Crippen molar-refractivity contribution in [3.05, 3.63) is 18.2 Å². The number of hydrogen-bond acceptors (Lipinski definition) is 5. The summed E-state index contributed by atoms with van der Waals surface area (Å²) in [5.41, 5.74) is 0.533. The predicted molar refractivity (Wildman–Crippen MR) is 59.9 cm³/mol. The van der Waals surface area contributed by atoms with Crippen LogP contribution in [-0.4, -0.2) is 33.0 Å². The van der Waals surface area contributed by atoms with Gasteiger partial charge in [0.2, 0.25) is 0 Å². The normalized spacial score (nSPS) is 10.0. The lowest BCUT2D eigenvalue weighted by Crippen LogP contribution is -2.33. The summed E-state index contributed by atoms with van der Waals surface area (Å²) < 4.78 is 10.2. The molecule has 1 aromatic rings. The summed E-state index contributed by atoms with van der Waals surface area (Å²) in [6.07, 6.45) is 0. The first-order valence-electron chi connectivity index (χ1n) is 4.91. The maximum Gasteiger partial charge on any atom is 0.523 e. The third kappa shape index (κ3) is 3.13. The van der Waals surface area contributed by atoms with E-state index in [0.29, 0.717) is 23.6 Å². The van der Waals surface area contributed by atoms with Crippen molar-refractivity contribution >= 4 is 12.6 Å². The van der Waals surface area contributed by atoms with Crippen molar-refractivity contribution in [3.8, 4) is 11.5 Å². The van der Waals surface area contributed by atoms with Gasteiger partial charge in [0.15, 0.2) is 11.5 Å². The molecule has 0 aliphatic heterocycles. The van der Waals surface area contributed by atoms with Gasteiger partial charge in [-0.2, -0.15) is 0 Å². The Labute approximate surface area is 95.0 Å². The Balaban J connectivity index is 2.81. The summed E-state index contributed by atoms with van der Waals surface area (Å²) >= 11 is 0. The zero-order chi connectivity index (χ0) is 12.0. The SMILES string of the molecule is CCOOB(O)c1ccc(OC)c(OC)c1. The van der Waals surface area contributed by atoms with Crippen LogP contribution in [0, 0.1) is 0 Å². The number of methoxy groups -OCH3 is 2. The molecule has 0 radical (unpaired) electrons. The summed E-state index contributed by atoms with van der Waals surface area (Å²) in [4.78, 5) is 9.37. The van der Waals surface area contributed by atoms with Gasteiger partial charge in [-0.15, -0.1) is 0 Å². The van der Waals surface area contributed by atoms with Crippen molar-refractivity contribution < 1.29 is 24.2 Å². The lowest BCUT2D eigenvalue weighted by molar-refractivity contribution is -0.216. The highest BCUT2D eigenvalue weighted by Gasteiger charge is 2.19. The van der Waals surface area contributed by atoms with Crippen molar-refractivity contribution in [2.45, 2.75) is 6.92 Å². The molecular weight excluding hydrogens is 211 g/mol. The molecule has 0 saturated carbocycles. The molecule has 0 bridgehead atoms. The van der Waals surface area contributed by atoms with Crippen LogP contribution in [-0.2, 0) is 9.69 Å². The lowest BCUT2D eigenvalue weighted by atomic mass is 9.80. The molecule has 1 N–H and O–H groups in total. The first-order valence-corrected chi connectivity index (χ1v) is 4.91. The van der Waals surface area contributed by atoms with E-state index in [1.165, 1.54) is 7.11 Å². The quantitative estimate of drug-likeness (QED) is 0.431. The fourth-order valence-corrected chi connectivity index (χ4v) is 1.19. The molecule has 0 saturated heterocycles. The van der Waals surface area contributed by atoms with Gasteiger partial charge in [0.1, 0.15) is 0 Å². The van der Waals surface area contributed by atoms with Gasteiger partial charge in [0.25, 0.3) is 0 Å². The molecule has 88 valence electrons. The zero-order valence-electron chi connectivity index (χ0n) is 9.60. The van der Waals surface area contributed by atoms with Crippen LogP contribution in [0.5, 0.6) is 11.5 Å². The highest BCUT2D eigenvalue weighted by Crippen LogP contribution is 2.24. The van der Waals surface area contributed by atoms with Crippen molar-refractivity contribution in [2.24, 2.45) is 0 Å². The molecule has 0 aliphatic carbocycles. The Bertz CT molecular complexity index is 331. The molecule has 0 aromatic heterocycles. The van der Waals surface area contributed by atoms with Gasteiger partial charge in [-0.05, 0) is 24.5 Å². The summed E-state index contributed by atoms with van der Waals surface area (Å²) in [6.45, 7) is 2.13. The molecule has 16 heavy (non-hydrogen) atoms. The first kappa shape index (κ1) is 12.8. The maximum atomic E-state index is 9.59. The van der Waals surface area contributed by atoms with E-state index in [2.05, 4.69) is 4.89 Å². The fourth-order valence-electron chi connectivity index (χ4n) is 1.19. The topological polar surface area (TPSA) is 57.2 Å². The van der Waals surface area contributed by atoms with Crippen LogP contribution in [0.1, 0.15) is 6.92 Å². The Hall–Kier alpha value is -1.24. The zero-order valence-corrected chi connectivity index (χ0v) is 9.60. The molecule has 6 heteroatoms. The third-order valence-corrected chi connectivity index (χ3v) is 1.97. The average molecular weight is 226 g/mol. The van der Waals surface area contributed by atoms with Crippen LogP contribution in [0.25, 0.3) is 0 Å². The number of ether oxygens (including phenoxy) is 2. The molecule has 0 heterocycles. The Morgan fingerprint density at radius 3 is 2.44 bits per heavy atom. The molecule has 1 rings (SSSR count). The van der Waals surface area contributed by atoms with Gasteiger partial charge in [0, 0.05) is 0 Å². The molecule has 0 amide bonds. The third-order valence-electron chi connectivity index (χ3n) is 1.97. The molecule has 0 atom stereocenters. The Morgan fingerprint density at radius 1 is 1.19 bits per heavy atom. The van der Waals surface area contributed by atoms with E-state index in [4.69, 9.17) is 14.3 Å². The summed E-state index contributed by atoms with van der Waals surface area (Å²) in [7, 11) is 1.93. The van der Waals surface area contributed by atoms with Crippen LogP contribution in [0.2, 0.25) is 0 Å². The predicted octanol–water partition coefficient (Wildman–Crippen LogP) is 0.359. The summed E-state index contributed by atoms with van der Waals surface area (Å²) in [5, 5.41) is 9.59. The van der Waals surface area contributed by atoms with E-state index in [9.17, 15) is 5.02 Å². The van der Waals surface area contributed by atoms with E-state index in [1.807, 2.05) is 0 Å².